The summed E-state index contributed by atoms with van der Waals surface area (Å²) >= 11 is 8.19. The van der Waals surface area contributed by atoms with Gasteiger partial charge in [0, 0.05) is 15.1 Å². The summed E-state index contributed by atoms with van der Waals surface area (Å²) in [6.07, 6.45) is 4.00. The Hall–Kier alpha value is -1.22. The van der Waals surface area contributed by atoms with Crippen molar-refractivity contribution in [2.75, 3.05) is 5.32 Å². The number of aromatic nitrogens is 2. The van der Waals surface area contributed by atoms with Crippen LogP contribution in [0.5, 0.6) is 0 Å². The van der Waals surface area contributed by atoms with Crippen molar-refractivity contribution in [1.29, 1.82) is 0 Å². The Morgan fingerprint density at radius 3 is 2.67 bits per heavy atom. The number of hydrogen-bond donors (Lipinski definition) is 1. The van der Waals surface area contributed by atoms with Gasteiger partial charge in [0.15, 0.2) is 4.34 Å². The van der Waals surface area contributed by atoms with Crippen molar-refractivity contribution in [3.05, 3.63) is 56.7 Å². The zero-order valence-corrected chi connectivity index (χ0v) is 18.5. The highest BCUT2D eigenvalue weighted by atomic mass is 79.9. The van der Waals surface area contributed by atoms with Crippen LogP contribution in [-0.4, -0.2) is 16.1 Å². The first kappa shape index (κ1) is 19.1. The van der Waals surface area contributed by atoms with Gasteiger partial charge in [-0.15, -0.1) is 21.5 Å². The highest BCUT2D eigenvalue weighted by molar-refractivity contribution is 9.10. The van der Waals surface area contributed by atoms with Gasteiger partial charge in [-0.05, 0) is 42.0 Å². The lowest BCUT2D eigenvalue weighted by molar-refractivity contribution is -0.121. The van der Waals surface area contributed by atoms with Crippen molar-refractivity contribution in [3.8, 4) is 0 Å². The number of amides is 1. The van der Waals surface area contributed by atoms with E-state index in [1.807, 2.05) is 23.6 Å². The molecule has 1 aromatic carbocycles. The average molecular weight is 480 g/mol. The van der Waals surface area contributed by atoms with E-state index in [-0.39, 0.29) is 5.91 Å². The molecule has 1 fully saturated rings. The number of anilines is 1. The quantitative estimate of drug-likeness (QED) is 0.342. The van der Waals surface area contributed by atoms with Crippen molar-refractivity contribution >= 4 is 61.4 Å². The number of thiophene rings is 1. The van der Waals surface area contributed by atoms with Crippen LogP contribution in [0.25, 0.3) is 0 Å². The molecule has 27 heavy (non-hydrogen) atoms. The molecule has 3 aromatic rings. The van der Waals surface area contributed by atoms with Gasteiger partial charge in [-0.25, -0.2) is 0 Å². The Morgan fingerprint density at radius 2 is 1.96 bits per heavy atom. The SMILES string of the molecule is O=C(Nc1nnc(SCc2ccc(Br)cc2)s1)C1(c2cccs2)CCCC1. The number of carbonyl (C=O) groups excluding carboxylic acids is 1. The number of nitrogens with zero attached hydrogens (tertiary/aromatic N) is 2. The number of hydrogen-bond acceptors (Lipinski definition) is 6. The number of thioether (sulfide) groups is 1. The number of halogens is 1. The van der Waals surface area contributed by atoms with E-state index in [1.165, 1.54) is 16.9 Å². The summed E-state index contributed by atoms with van der Waals surface area (Å²) < 4.78 is 1.94. The van der Waals surface area contributed by atoms with E-state index in [9.17, 15) is 4.79 Å². The Labute approximate surface area is 178 Å². The van der Waals surface area contributed by atoms with Crippen LogP contribution in [0.3, 0.4) is 0 Å². The second kappa shape index (κ2) is 8.43. The molecule has 2 heterocycles. The molecule has 8 heteroatoms. The second-order valence-corrected chi connectivity index (χ2v) is 10.6. The van der Waals surface area contributed by atoms with Crippen LogP contribution < -0.4 is 5.32 Å². The molecule has 1 amide bonds. The molecule has 4 rings (SSSR count). The summed E-state index contributed by atoms with van der Waals surface area (Å²) in [5.41, 5.74) is 0.830. The Kier molecular flexibility index (Phi) is 5.96. The zero-order valence-electron chi connectivity index (χ0n) is 14.5. The van der Waals surface area contributed by atoms with E-state index in [2.05, 4.69) is 49.6 Å². The van der Waals surface area contributed by atoms with Crippen LogP contribution in [0, 0.1) is 0 Å². The molecule has 0 saturated heterocycles. The first-order valence-corrected chi connectivity index (χ1v) is 12.2. The maximum atomic E-state index is 13.1. The third kappa shape index (κ3) is 4.29. The maximum absolute atomic E-state index is 13.1. The van der Waals surface area contributed by atoms with Crippen molar-refractivity contribution in [2.24, 2.45) is 0 Å². The Morgan fingerprint density at radius 1 is 1.19 bits per heavy atom. The van der Waals surface area contributed by atoms with Gasteiger partial charge in [0.1, 0.15) is 0 Å². The van der Waals surface area contributed by atoms with E-state index in [0.717, 1.165) is 45.1 Å². The smallest absolute Gasteiger partial charge is 0.237 e. The minimum absolute atomic E-state index is 0.0584. The molecule has 1 saturated carbocycles. The third-order valence-electron chi connectivity index (χ3n) is 4.79. The minimum atomic E-state index is -0.398. The van der Waals surface area contributed by atoms with Gasteiger partial charge in [0.05, 0.1) is 5.41 Å². The number of nitrogens with one attached hydrogen (secondary N) is 1. The zero-order chi connectivity index (χ0) is 18.7. The van der Waals surface area contributed by atoms with Crippen LogP contribution >= 0.6 is 50.4 Å². The monoisotopic (exact) mass is 479 g/mol. The normalized spacial score (nSPS) is 15.7. The van der Waals surface area contributed by atoms with E-state index in [0.29, 0.717) is 5.13 Å². The van der Waals surface area contributed by atoms with Gasteiger partial charge in [-0.1, -0.05) is 70.1 Å². The first-order valence-electron chi connectivity index (χ1n) is 8.72. The van der Waals surface area contributed by atoms with Crippen molar-refractivity contribution < 1.29 is 4.79 Å². The van der Waals surface area contributed by atoms with E-state index >= 15 is 0 Å². The van der Waals surface area contributed by atoms with Crippen LogP contribution in [0.1, 0.15) is 36.1 Å². The van der Waals surface area contributed by atoms with Crippen LogP contribution in [0.4, 0.5) is 5.13 Å². The largest absolute Gasteiger partial charge is 0.300 e. The molecular formula is C19H18BrN3OS3. The predicted octanol–water partition coefficient (Wildman–Crippen LogP) is 6.10. The standard InChI is InChI=1S/C19H18BrN3OS3/c20-14-7-5-13(6-8-14)12-26-18-23-22-17(27-18)21-16(24)19(9-1-2-10-19)15-4-3-11-25-15/h3-8,11H,1-2,9-10,12H2,(H,21,22,24). The van der Waals surface area contributed by atoms with Crippen molar-refractivity contribution in [2.45, 2.75) is 41.2 Å². The first-order chi connectivity index (χ1) is 13.2. The van der Waals surface area contributed by atoms with E-state index in [4.69, 9.17) is 0 Å². The second-order valence-electron chi connectivity index (χ2n) is 6.51. The number of benzene rings is 1. The summed E-state index contributed by atoms with van der Waals surface area (Å²) in [6.45, 7) is 0. The fraction of sp³-hybridized carbons (Fsp3) is 0.316. The van der Waals surface area contributed by atoms with Gasteiger partial charge in [-0.3, -0.25) is 10.1 Å². The molecule has 1 N–H and O–H groups in total. The fourth-order valence-corrected chi connectivity index (χ4v) is 6.33. The minimum Gasteiger partial charge on any atom is -0.300 e. The lowest BCUT2D eigenvalue weighted by Gasteiger charge is -2.25. The van der Waals surface area contributed by atoms with Crippen LogP contribution in [-0.2, 0) is 16.0 Å². The molecule has 0 spiro atoms. The third-order valence-corrected chi connectivity index (χ3v) is 8.43. The van der Waals surface area contributed by atoms with Crippen LogP contribution in [0.2, 0.25) is 0 Å². The van der Waals surface area contributed by atoms with Crippen molar-refractivity contribution in [1.82, 2.24) is 10.2 Å². The molecule has 1 aliphatic carbocycles. The van der Waals surface area contributed by atoms with Gasteiger partial charge in [0.25, 0.3) is 0 Å². The Bertz CT molecular complexity index is 903. The van der Waals surface area contributed by atoms with Gasteiger partial charge in [0.2, 0.25) is 11.0 Å². The summed E-state index contributed by atoms with van der Waals surface area (Å²) in [4.78, 5) is 14.2. The highest BCUT2D eigenvalue weighted by Crippen LogP contribution is 2.44. The summed E-state index contributed by atoms with van der Waals surface area (Å²) in [6, 6.07) is 12.3. The predicted molar refractivity (Wildman–Crippen MR) is 117 cm³/mol. The number of rotatable bonds is 6. The molecule has 0 radical (unpaired) electrons. The van der Waals surface area contributed by atoms with Gasteiger partial charge < -0.3 is 0 Å². The maximum Gasteiger partial charge on any atom is 0.237 e. The molecule has 0 bridgehead atoms. The summed E-state index contributed by atoms with van der Waals surface area (Å²) in [5, 5.41) is 14.1. The molecular weight excluding hydrogens is 462 g/mol. The molecule has 0 unspecified atom stereocenters. The van der Waals surface area contributed by atoms with Gasteiger partial charge in [-0.2, -0.15) is 0 Å². The van der Waals surface area contributed by atoms with Gasteiger partial charge >= 0.3 is 0 Å². The summed E-state index contributed by atoms with van der Waals surface area (Å²) in [7, 11) is 0. The molecule has 1 aliphatic rings. The molecule has 4 nitrogen and oxygen atoms in total. The molecule has 0 aliphatic heterocycles. The average Bonchev–Trinajstić information content (AvgIpc) is 3.42. The van der Waals surface area contributed by atoms with Crippen LogP contribution in [0.15, 0.2) is 50.6 Å². The molecule has 2 aromatic heterocycles. The Balaban J connectivity index is 1.41. The lowest BCUT2D eigenvalue weighted by Crippen LogP contribution is -2.37. The molecule has 140 valence electrons. The topological polar surface area (TPSA) is 54.9 Å². The van der Waals surface area contributed by atoms with Crippen molar-refractivity contribution in [3.63, 3.8) is 0 Å². The highest BCUT2D eigenvalue weighted by Gasteiger charge is 2.43. The molecule has 0 atom stereocenters. The lowest BCUT2D eigenvalue weighted by atomic mass is 9.83. The number of carbonyl (C=O) groups is 1. The van der Waals surface area contributed by atoms with E-state index < -0.39 is 5.41 Å². The fourth-order valence-electron chi connectivity index (χ4n) is 3.38. The van der Waals surface area contributed by atoms with E-state index in [1.54, 1.807) is 23.1 Å². The summed E-state index contributed by atoms with van der Waals surface area (Å²) in [5.74, 6) is 0.887.